The van der Waals surface area contributed by atoms with Gasteiger partial charge in [0.1, 0.15) is 0 Å². The van der Waals surface area contributed by atoms with E-state index in [9.17, 15) is 4.57 Å². The van der Waals surface area contributed by atoms with Crippen molar-refractivity contribution in [2.24, 2.45) is 5.92 Å². The lowest BCUT2D eigenvalue weighted by molar-refractivity contribution is 0.0845. The second kappa shape index (κ2) is 7.88. The highest BCUT2D eigenvalue weighted by atomic mass is 35.5. The molecule has 6 heteroatoms. The van der Waals surface area contributed by atoms with E-state index in [1.54, 1.807) is 0 Å². The summed E-state index contributed by atoms with van der Waals surface area (Å²) in [6.45, 7) is 4.39. The van der Waals surface area contributed by atoms with Crippen LogP contribution in [-0.2, 0) is 19.0 Å². The van der Waals surface area contributed by atoms with Gasteiger partial charge in [0.2, 0.25) is 0 Å². The van der Waals surface area contributed by atoms with Gasteiger partial charge in [0.15, 0.2) is 0 Å². The molecule has 1 saturated carbocycles. The molecule has 1 aliphatic carbocycles. The van der Waals surface area contributed by atoms with Crippen molar-refractivity contribution in [2.75, 3.05) is 21.3 Å². The van der Waals surface area contributed by atoms with Gasteiger partial charge >= 0.3 is 7.75 Å². The summed E-state index contributed by atoms with van der Waals surface area (Å²) in [6, 6.07) is 8.17. The Morgan fingerprint density at radius 2 is 1.75 bits per heavy atom. The van der Waals surface area contributed by atoms with Crippen molar-refractivity contribution in [1.82, 2.24) is 4.67 Å². The van der Waals surface area contributed by atoms with Crippen LogP contribution >= 0.6 is 19.3 Å². The second-order valence-corrected chi connectivity index (χ2v) is 9.80. The molecule has 24 heavy (non-hydrogen) atoms. The van der Waals surface area contributed by atoms with Crippen molar-refractivity contribution in [3.05, 3.63) is 34.9 Å². The Morgan fingerprint density at radius 1 is 1.21 bits per heavy atom. The molecule has 1 aromatic carbocycles. The lowest BCUT2D eigenvalue weighted by Gasteiger charge is -2.52. The number of nitrogens with zero attached hydrogens (tertiary/aromatic N) is 1. The van der Waals surface area contributed by atoms with Crippen molar-refractivity contribution in [2.45, 2.75) is 51.0 Å². The molecule has 0 N–H and O–H groups in total. The Bertz CT molecular complexity index is 578. The SMILES string of the molecule is COP(=O)(OC)N(C)C(CC(C)C)C1(c2ccc(Cl)cc2)CCC1. The number of rotatable bonds is 8. The lowest BCUT2D eigenvalue weighted by atomic mass is 9.59. The van der Waals surface area contributed by atoms with Crippen LogP contribution in [0.15, 0.2) is 24.3 Å². The van der Waals surface area contributed by atoms with E-state index in [0.29, 0.717) is 5.92 Å². The van der Waals surface area contributed by atoms with Crippen molar-refractivity contribution in [3.8, 4) is 0 Å². The zero-order valence-electron chi connectivity index (χ0n) is 15.3. The van der Waals surface area contributed by atoms with E-state index in [2.05, 4.69) is 26.0 Å². The van der Waals surface area contributed by atoms with Crippen LogP contribution in [0.1, 0.15) is 45.1 Å². The highest BCUT2D eigenvalue weighted by molar-refractivity contribution is 7.51. The summed E-state index contributed by atoms with van der Waals surface area (Å²) in [5, 5.41) is 0.737. The van der Waals surface area contributed by atoms with E-state index in [4.69, 9.17) is 20.6 Å². The molecule has 0 spiro atoms. The number of hydrogen-bond donors (Lipinski definition) is 0. The van der Waals surface area contributed by atoms with Gasteiger partial charge in [0, 0.05) is 30.7 Å². The molecule has 1 unspecified atom stereocenters. The molecule has 4 nitrogen and oxygen atoms in total. The van der Waals surface area contributed by atoms with Crippen molar-refractivity contribution >= 4 is 19.3 Å². The number of benzene rings is 1. The zero-order chi connectivity index (χ0) is 18.0. The average molecular weight is 374 g/mol. The fourth-order valence-corrected chi connectivity index (χ4v) is 5.29. The summed E-state index contributed by atoms with van der Waals surface area (Å²) in [5.74, 6) is 0.476. The molecular weight excluding hydrogens is 345 g/mol. The fraction of sp³-hybridized carbons (Fsp3) is 0.667. The molecule has 136 valence electrons. The summed E-state index contributed by atoms with van der Waals surface area (Å²) in [5.41, 5.74) is 1.23. The molecule has 0 heterocycles. The Labute approximate surface area is 151 Å². The van der Waals surface area contributed by atoms with Gasteiger partial charge in [-0.1, -0.05) is 44.0 Å². The van der Waals surface area contributed by atoms with Crippen LogP contribution in [0.5, 0.6) is 0 Å². The highest BCUT2D eigenvalue weighted by Crippen LogP contribution is 2.58. The first-order valence-electron chi connectivity index (χ1n) is 8.50. The molecule has 0 aromatic heterocycles. The topological polar surface area (TPSA) is 38.8 Å². The molecule has 2 rings (SSSR count). The number of halogens is 1. The molecular formula is C18H29ClNO3P. The van der Waals surface area contributed by atoms with E-state index in [-0.39, 0.29) is 11.5 Å². The molecule has 0 radical (unpaired) electrons. The van der Waals surface area contributed by atoms with Crippen LogP contribution in [-0.4, -0.2) is 32.0 Å². The molecule has 1 fully saturated rings. The molecule has 0 bridgehead atoms. The summed E-state index contributed by atoms with van der Waals surface area (Å²) in [6.07, 6.45) is 4.25. The predicted molar refractivity (Wildman–Crippen MR) is 99.6 cm³/mol. The number of likely N-dealkylation sites (N-methyl/N-ethyl adjacent to an activating group) is 1. The van der Waals surface area contributed by atoms with E-state index >= 15 is 0 Å². The first kappa shape index (κ1) is 19.9. The molecule has 0 aliphatic heterocycles. The maximum Gasteiger partial charge on any atom is 0.407 e. The van der Waals surface area contributed by atoms with Gasteiger partial charge in [-0.25, -0.2) is 9.24 Å². The molecule has 0 amide bonds. The summed E-state index contributed by atoms with van der Waals surface area (Å²) >= 11 is 6.07. The Kier molecular flexibility index (Phi) is 6.55. The maximum absolute atomic E-state index is 13.0. The van der Waals surface area contributed by atoms with Gasteiger partial charge in [0.05, 0.1) is 0 Å². The Morgan fingerprint density at radius 3 is 2.12 bits per heavy atom. The van der Waals surface area contributed by atoms with Crippen LogP contribution in [0, 0.1) is 5.92 Å². The number of hydrogen-bond acceptors (Lipinski definition) is 3. The summed E-state index contributed by atoms with van der Waals surface area (Å²) < 4.78 is 25.4. The first-order chi connectivity index (χ1) is 11.3. The van der Waals surface area contributed by atoms with Crippen LogP contribution in [0.25, 0.3) is 0 Å². The van der Waals surface area contributed by atoms with E-state index in [1.807, 2.05) is 23.9 Å². The van der Waals surface area contributed by atoms with Crippen molar-refractivity contribution in [1.29, 1.82) is 0 Å². The molecule has 1 atom stereocenters. The van der Waals surface area contributed by atoms with Crippen molar-refractivity contribution in [3.63, 3.8) is 0 Å². The largest absolute Gasteiger partial charge is 0.407 e. The summed E-state index contributed by atoms with van der Waals surface area (Å²) in [7, 11) is 1.47. The maximum atomic E-state index is 13.0. The van der Waals surface area contributed by atoms with Crippen molar-refractivity contribution < 1.29 is 13.6 Å². The average Bonchev–Trinajstić information content (AvgIpc) is 2.52. The van der Waals surface area contributed by atoms with Crippen LogP contribution in [0.4, 0.5) is 0 Å². The molecule has 0 saturated heterocycles. The van der Waals surface area contributed by atoms with Gasteiger partial charge in [-0.3, -0.25) is 9.05 Å². The van der Waals surface area contributed by atoms with Gasteiger partial charge < -0.3 is 0 Å². The minimum absolute atomic E-state index is 0.0314. The molecule has 1 aromatic rings. The third kappa shape index (κ3) is 3.73. The second-order valence-electron chi connectivity index (χ2n) is 7.07. The van der Waals surface area contributed by atoms with E-state index in [1.165, 1.54) is 26.2 Å². The Hall–Kier alpha value is -0.380. The Balaban J connectivity index is 2.45. The first-order valence-corrected chi connectivity index (χ1v) is 10.4. The quantitative estimate of drug-likeness (QED) is 0.563. The minimum atomic E-state index is -3.28. The smallest absolute Gasteiger partial charge is 0.300 e. The van der Waals surface area contributed by atoms with Gasteiger partial charge in [0.25, 0.3) is 0 Å². The van der Waals surface area contributed by atoms with Crippen LogP contribution in [0.2, 0.25) is 5.02 Å². The predicted octanol–water partition coefficient (Wildman–Crippen LogP) is 5.51. The van der Waals surface area contributed by atoms with Crippen LogP contribution < -0.4 is 0 Å². The third-order valence-corrected chi connectivity index (χ3v) is 7.52. The lowest BCUT2D eigenvalue weighted by Crippen LogP contribution is -2.53. The minimum Gasteiger partial charge on any atom is -0.300 e. The zero-order valence-corrected chi connectivity index (χ0v) is 16.9. The third-order valence-electron chi connectivity index (χ3n) is 5.30. The van der Waals surface area contributed by atoms with E-state index in [0.717, 1.165) is 24.3 Å². The monoisotopic (exact) mass is 373 g/mol. The summed E-state index contributed by atoms with van der Waals surface area (Å²) in [4.78, 5) is 0. The van der Waals surface area contributed by atoms with Gasteiger partial charge in [-0.05, 0) is 49.9 Å². The normalized spacial score (nSPS) is 18.7. The standard InChI is InChI=1S/C18H29ClNO3P/c1-14(2)13-17(20(3)24(21,22-4)23-5)18(11-6-12-18)15-7-9-16(19)10-8-15/h7-10,14,17H,6,11-13H2,1-5H3. The highest BCUT2D eigenvalue weighted by Gasteiger charge is 2.50. The van der Waals surface area contributed by atoms with Gasteiger partial charge in [-0.2, -0.15) is 0 Å². The van der Waals surface area contributed by atoms with E-state index < -0.39 is 7.75 Å². The fourth-order valence-electron chi connectivity index (χ4n) is 3.84. The van der Waals surface area contributed by atoms with Gasteiger partial charge in [-0.15, -0.1) is 0 Å². The molecule has 1 aliphatic rings. The van der Waals surface area contributed by atoms with Crippen LogP contribution in [0.3, 0.4) is 0 Å².